The Morgan fingerprint density at radius 3 is 2.65 bits per heavy atom. The number of nitrogens with zero attached hydrogens (tertiary/aromatic N) is 1. The Hall–Kier alpha value is -1.87. The fourth-order valence-corrected chi connectivity index (χ4v) is 2.62. The van der Waals surface area contributed by atoms with Gasteiger partial charge in [-0.3, -0.25) is 0 Å². The molecule has 0 aliphatic carbocycles. The van der Waals surface area contributed by atoms with Crippen LogP contribution in [-0.2, 0) is 0 Å². The highest BCUT2D eigenvalue weighted by Gasteiger charge is 2.16. The van der Waals surface area contributed by atoms with E-state index in [1.165, 1.54) is 0 Å². The van der Waals surface area contributed by atoms with Crippen LogP contribution in [0.3, 0.4) is 0 Å². The molecule has 2 heterocycles. The molecule has 1 aromatic heterocycles. The van der Waals surface area contributed by atoms with Crippen molar-refractivity contribution in [1.29, 1.82) is 0 Å². The predicted octanol–water partition coefficient (Wildman–Crippen LogP) is 3.65. The number of nitrogens with one attached hydrogen (secondary N) is 1. The maximum absolute atomic E-state index is 5.91. The molecule has 1 N–H and O–H groups in total. The average Bonchev–Trinajstić information content (AvgIpc) is 2.51. The van der Waals surface area contributed by atoms with E-state index in [2.05, 4.69) is 16.4 Å². The van der Waals surface area contributed by atoms with Gasteiger partial charge in [0.05, 0.1) is 0 Å². The van der Waals surface area contributed by atoms with Gasteiger partial charge in [-0.15, -0.1) is 0 Å². The fraction of sp³-hybridized carbons (Fsp3) is 0.353. The number of ether oxygens (including phenoxy) is 1. The number of hydrogen-bond acceptors (Lipinski definition) is 3. The third kappa shape index (κ3) is 2.99. The normalized spacial score (nSPS) is 16.1. The van der Waals surface area contributed by atoms with Gasteiger partial charge in [-0.2, -0.15) is 0 Å². The number of pyridine rings is 1. The van der Waals surface area contributed by atoms with Crippen molar-refractivity contribution in [3.05, 3.63) is 53.7 Å². The van der Waals surface area contributed by atoms with Crippen molar-refractivity contribution in [1.82, 2.24) is 10.3 Å². The summed E-state index contributed by atoms with van der Waals surface area (Å²) < 4.78 is 5.91. The van der Waals surface area contributed by atoms with E-state index in [0.29, 0.717) is 11.8 Å². The third-order valence-electron chi connectivity index (χ3n) is 3.81. The van der Waals surface area contributed by atoms with E-state index in [9.17, 15) is 0 Å². The van der Waals surface area contributed by atoms with Gasteiger partial charge in [-0.25, -0.2) is 4.98 Å². The summed E-state index contributed by atoms with van der Waals surface area (Å²) in [7, 11) is 0. The van der Waals surface area contributed by atoms with Gasteiger partial charge in [0.15, 0.2) is 0 Å². The van der Waals surface area contributed by atoms with Gasteiger partial charge in [0, 0.05) is 17.7 Å². The monoisotopic (exact) mass is 268 g/mol. The summed E-state index contributed by atoms with van der Waals surface area (Å²) >= 11 is 0. The van der Waals surface area contributed by atoms with Gasteiger partial charge < -0.3 is 10.1 Å². The standard InChI is InChI=1S/C17H20N2O/c1-13-5-2-3-7-16(13)20-17-8-4-6-15(19-17)14-9-11-18-12-10-14/h2-8,14,18H,9-12H2,1H3. The largest absolute Gasteiger partial charge is 0.439 e. The molecular weight excluding hydrogens is 248 g/mol. The molecule has 3 nitrogen and oxygen atoms in total. The van der Waals surface area contributed by atoms with Crippen molar-refractivity contribution in [3.63, 3.8) is 0 Å². The molecule has 3 rings (SSSR count). The molecule has 0 atom stereocenters. The first-order chi connectivity index (χ1) is 9.83. The molecule has 0 saturated carbocycles. The predicted molar refractivity (Wildman–Crippen MR) is 80.3 cm³/mol. The zero-order valence-electron chi connectivity index (χ0n) is 11.8. The zero-order valence-corrected chi connectivity index (χ0v) is 11.8. The molecule has 3 heteroatoms. The van der Waals surface area contributed by atoms with Crippen LogP contribution in [0.1, 0.15) is 30.0 Å². The topological polar surface area (TPSA) is 34.1 Å². The van der Waals surface area contributed by atoms with Gasteiger partial charge in [-0.05, 0) is 50.6 Å². The summed E-state index contributed by atoms with van der Waals surface area (Å²) in [5, 5.41) is 3.39. The van der Waals surface area contributed by atoms with Crippen LogP contribution in [0.2, 0.25) is 0 Å². The minimum absolute atomic E-state index is 0.552. The minimum atomic E-state index is 0.552. The SMILES string of the molecule is Cc1ccccc1Oc1cccc(C2CCNCC2)n1. The molecule has 1 fully saturated rings. The Morgan fingerprint density at radius 1 is 1.05 bits per heavy atom. The maximum Gasteiger partial charge on any atom is 0.219 e. The van der Waals surface area contributed by atoms with E-state index in [4.69, 9.17) is 4.74 Å². The van der Waals surface area contributed by atoms with E-state index < -0.39 is 0 Å². The molecule has 2 aromatic rings. The van der Waals surface area contributed by atoms with Crippen molar-refractivity contribution in [2.75, 3.05) is 13.1 Å². The van der Waals surface area contributed by atoms with Crippen LogP contribution in [0, 0.1) is 6.92 Å². The molecule has 20 heavy (non-hydrogen) atoms. The molecule has 0 amide bonds. The van der Waals surface area contributed by atoms with E-state index in [0.717, 1.165) is 42.9 Å². The second-order valence-corrected chi connectivity index (χ2v) is 5.29. The lowest BCUT2D eigenvalue weighted by molar-refractivity contribution is 0.432. The summed E-state index contributed by atoms with van der Waals surface area (Å²) in [5.41, 5.74) is 2.28. The van der Waals surface area contributed by atoms with E-state index >= 15 is 0 Å². The second kappa shape index (κ2) is 6.06. The average molecular weight is 268 g/mol. The maximum atomic E-state index is 5.91. The summed E-state index contributed by atoms with van der Waals surface area (Å²) in [6.45, 7) is 4.20. The van der Waals surface area contributed by atoms with Gasteiger partial charge >= 0.3 is 0 Å². The number of rotatable bonds is 3. The summed E-state index contributed by atoms with van der Waals surface area (Å²) in [6, 6.07) is 14.1. The number of benzene rings is 1. The molecule has 0 spiro atoms. The van der Waals surface area contributed by atoms with Crippen molar-refractivity contribution in [2.24, 2.45) is 0 Å². The molecule has 104 valence electrons. The molecule has 0 bridgehead atoms. The number of aryl methyl sites for hydroxylation is 1. The Balaban J connectivity index is 1.79. The van der Waals surface area contributed by atoms with Crippen LogP contribution < -0.4 is 10.1 Å². The molecule has 0 radical (unpaired) electrons. The van der Waals surface area contributed by atoms with Crippen molar-refractivity contribution >= 4 is 0 Å². The second-order valence-electron chi connectivity index (χ2n) is 5.29. The number of hydrogen-bond donors (Lipinski definition) is 1. The Bertz CT molecular complexity index is 577. The lowest BCUT2D eigenvalue weighted by Crippen LogP contribution is -2.27. The number of para-hydroxylation sites is 1. The molecule has 1 saturated heterocycles. The third-order valence-corrected chi connectivity index (χ3v) is 3.81. The van der Waals surface area contributed by atoms with Crippen molar-refractivity contribution < 1.29 is 4.74 Å². The molecular formula is C17H20N2O. The fourth-order valence-electron chi connectivity index (χ4n) is 2.62. The minimum Gasteiger partial charge on any atom is -0.439 e. The quantitative estimate of drug-likeness (QED) is 0.922. The van der Waals surface area contributed by atoms with Gasteiger partial charge in [0.25, 0.3) is 0 Å². The highest BCUT2D eigenvalue weighted by Crippen LogP contribution is 2.27. The number of piperidine rings is 1. The Morgan fingerprint density at radius 2 is 1.85 bits per heavy atom. The Labute approximate surface area is 120 Å². The van der Waals surface area contributed by atoms with E-state index in [1.807, 2.05) is 43.3 Å². The van der Waals surface area contributed by atoms with Gasteiger partial charge in [0.2, 0.25) is 5.88 Å². The van der Waals surface area contributed by atoms with E-state index in [1.54, 1.807) is 0 Å². The number of aromatic nitrogens is 1. The Kier molecular flexibility index (Phi) is 3.97. The van der Waals surface area contributed by atoms with Crippen LogP contribution in [-0.4, -0.2) is 18.1 Å². The molecule has 1 aliphatic rings. The van der Waals surface area contributed by atoms with Gasteiger partial charge in [0.1, 0.15) is 5.75 Å². The summed E-state index contributed by atoms with van der Waals surface area (Å²) in [4.78, 5) is 4.68. The van der Waals surface area contributed by atoms with Gasteiger partial charge in [-0.1, -0.05) is 24.3 Å². The van der Waals surface area contributed by atoms with Crippen LogP contribution in [0.5, 0.6) is 11.6 Å². The smallest absolute Gasteiger partial charge is 0.219 e. The molecule has 1 aromatic carbocycles. The van der Waals surface area contributed by atoms with Crippen LogP contribution in [0.15, 0.2) is 42.5 Å². The van der Waals surface area contributed by atoms with E-state index in [-0.39, 0.29) is 0 Å². The highest BCUT2D eigenvalue weighted by molar-refractivity contribution is 5.35. The van der Waals surface area contributed by atoms with Crippen LogP contribution in [0.25, 0.3) is 0 Å². The first-order valence-electron chi connectivity index (χ1n) is 7.24. The van der Waals surface area contributed by atoms with Crippen LogP contribution >= 0.6 is 0 Å². The van der Waals surface area contributed by atoms with Crippen molar-refractivity contribution in [3.8, 4) is 11.6 Å². The first-order valence-corrected chi connectivity index (χ1v) is 7.24. The lowest BCUT2D eigenvalue weighted by atomic mass is 9.94. The van der Waals surface area contributed by atoms with Crippen molar-refractivity contribution in [2.45, 2.75) is 25.7 Å². The summed E-state index contributed by atoms with van der Waals surface area (Å²) in [6.07, 6.45) is 2.31. The lowest BCUT2D eigenvalue weighted by Gasteiger charge is -2.22. The highest BCUT2D eigenvalue weighted by atomic mass is 16.5. The molecule has 0 unspecified atom stereocenters. The summed E-state index contributed by atoms with van der Waals surface area (Å²) in [5.74, 6) is 2.12. The molecule has 1 aliphatic heterocycles. The first kappa shape index (κ1) is 13.1. The zero-order chi connectivity index (χ0) is 13.8. The van der Waals surface area contributed by atoms with Crippen LogP contribution in [0.4, 0.5) is 0 Å².